The van der Waals surface area contributed by atoms with Crippen LogP contribution in [0.5, 0.6) is 0 Å². The predicted octanol–water partition coefficient (Wildman–Crippen LogP) is 4.13. The maximum atomic E-state index is 12.5. The molecule has 9 nitrogen and oxygen atoms in total. The highest BCUT2D eigenvalue weighted by molar-refractivity contribution is 6.50. The number of carbonyl (C=O) groups is 4. The van der Waals surface area contributed by atoms with E-state index < -0.39 is 23.1 Å². The van der Waals surface area contributed by atoms with E-state index in [9.17, 15) is 19.2 Å². The van der Waals surface area contributed by atoms with E-state index in [0.717, 1.165) is 0 Å². The molecule has 0 bridgehead atoms. The summed E-state index contributed by atoms with van der Waals surface area (Å²) < 4.78 is 27.1. The van der Waals surface area contributed by atoms with Gasteiger partial charge in [-0.2, -0.15) is 0 Å². The molecule has 0 saturated heterocycles. The molecule has 0 aliphatic heterocycles. The van der Waals surface area contributed by atoms with Crippen LogP contribution in [0.15, 0.2) is 70.1 Å². The zero-order valence-corrected chi connectivity index (χ0v) is 22.2. The molecule has 4 rings (SSSR count). The third-order valence-electron chi connectivity index (χ3n) is 5.73. The van der Waals surface area contributed by atoms with Crippen LogP contribution < -0.4 is 0 Å². The van der Waals surface area contributed by atoms with Gasteiger partial charge in [0.25, 0.3) is 0 Å². The van der Waals surface area contributed by atoms with E-state index in [0.29, 0.717) is 13.2 Å². The van der Waals surface area contributed by atoms with Crippen molar-refractivity contribution in [3.63, 3.8) is 0 Å². The Labute approximate surface area is 234 Å². The average Bonchev–Trinajstić information content (AvgIpc) is 2.96. The van der Waals surface area contributed by atoms with Crippen molar-refractivity contribution in [3.8, 4) is 0 Å². The van der Waals surface area contributed by atoms with E-state index >= 15 is 0 Å². The van der Waals surface area contributed by atoms with Crippen molar-refractivity contribution in [2.45, 2.75) is 0 Å². The van der Waals surface area contributed by atoms with E-state index in [2.05, 4.69) is 0 Å². The van der Waals surface area contributed by atoms with Crippen molar-refractivity contribution in [2.75, 3.05) is 52.9 Å². The Morgan fingerprint density at radius 1 is 0.436 bits per heavy atom. The number of benzene rings is 2. The standard InChI is InChI=1S/C28H24Cl2O9/c29-21-23(31)17-5-1-3-7-19(17)25(33)27(21)38-15-13-36-11-9-35-10-12-37-14-16-39-28-22(30)24(32)18-6-2-4-8-20(18)26(28)34/h1-8H,9-16H2. The predicted molar refractivity (Wildman–Crippen MR) is 140 cm³/mol. The number of ether oxygens (including phenoxy) is 5. The summed E-state index contributed by atoms with van der Waals surface area (Å²) in [5.74, 6) is -2.13. The van der Waals surface area contributed by atoms with Gasteiger partial charge in [0.1, 0.15) is 23.3 Å². The molecule has 0 saturated carbocycles. The van der Waals surface area contributed by atoms with Gasteiger partial charge in [-0.3, -0.25) is 19.2 Å². The summed E-state index contributed by atoms with van der Waals surface area (Å²) >= 11 is 12.1. The smallest absolute Gasteiger partial charge is 0.230 e. The Morgan fingerprint density at radius 3 is 1.05 bits per heavy atom. The van der Waals surface area contributed by atoms with E-state index in [1.165, 1.54) is 0 Å². The van der Waals surface area contributed by atoms with Gasteiger partial charge in [0, 0.05) is 22.3 Å². The number of hydrogen-bond donors (Lipinski definition) is 0. The fourth-order valence-corrected chi connectivity index (χ4v) is 4.33. The first-order valence-electron chi connectivity index (χ1n) is 12.1. The fraction of sp³-hybridized carbons (Fsp3) is 0.286. The number of fused-ring (bicyclic) bond motifs is 2. The number of allylic oxidation sites excluding steroid dienone is 4. The molecule has 0 radical (unpaired) electrons. The van der Waals surface area contributed by atoms with E-state index in [-0.39, 0.29) is 83.5 Å². The van der Waals surface area contributed by atoms with Crippen LogP contribution in [-0.4, -0.2) is 76.0 Å². The molecule has 0 amide bonds. The molecule has 0 aromatic heterocycles. The van der Waals surface area contributed by atoms with Gasteiger partial charge < -0.3 is 23.7 Å². The Hall–Kier alpha value is -3.34. The monoisotopic (exact) mass is 574 g/mol. The second-order valence-corrected chi connectivity index (χ2v) is 8.98. The Morgan fingerprint density at radius 2 is 0.718 bits per heavy atom. The van der Waals surface area contributed by atoms with Gasteiger partial charge in [-0.25, -0.2) is 0 Å². The number of ketones is 4. The lowest BCUT2D eigenvalue weighted by molar-refractivity contribution is -0.00222. The topological polar surface area (TPSA) is 114 Å². The summed E-state index contributed by atoms with van der Waals surface area (Å²) in [5.41, 5.74) is 1.03. The van der Waals surface area contributed by atoms with Crippen molar-refractivity contribution in [2.24, 2.45) is 0 Å². The molecule has 0 spiro atoms. The first-order chi connectivity index (χ1) is 18.9. The van der Waals surface area contributed by atoms with Crippen molar-refractivity contribution >= 4 is 46.3 Å². The summed E-state index contributed by atoms with van der Waals surface area (Å²) in [5, 5.41) is -0.479. The first-order valence-corrected chi connectivity index (χ1v) is 12.8. The molecular formula is C28H24Cl2O9. The van der Waals surface area contributed by atoms with Gasteiger partial charge in [0.2, 0.25) is 23.1 Å². The minimum absolute atomic E-state index is 0.0377. The van der Waals surface area contributed by atoms with E-state index in [1.807, 2.05) is 0 Å². The van der Waals surface area contributed by atoms with Crippen LogP contribution in [0.2, 0.25) is 0 Å². The summed E-state index contributed by atoms with van der Waals surface area (Å²) in [6.45, 7) is 1.56. The van der Waals surface area contributed by atoms with Crippen molar-refractivity contribution in [1.82, 2.24) is 0 Å². The van der Waals surface area contributed by atoms with Crippen molar-refractivity contribution in [1.29, 1.82) is 0 Å². The maximum absolute atomic E-state index is 12.5. The highest BCUT2D eigenvalue weighted by Gasteiger charge is 2.33. The van der Waals surface area contributed by atoms with Gasteiger partial charge in [-0.1, -0.05) is 71.7 Å². The number of Topliss-reactive ketones (excluding diaryl/α,β-unsaturated/α-hetero) is 4. The summed E-state index contributed by atoms with van der Waals surface area (Å²) in [6, 6.07) is 12.9. The molecule has 0 atom stereocenters. The van der Waals surface area contributed by atoms with Crippen LogP contribution in [0.4, 0.5) is 0 Å². The largest absolute Gasteiger partial charge is 0.485 e. The summed E-state index contributed by atoms with van der Waals surface area (Å²) in [4.78, 5) is 49.7. The highest BCUT2D eigenvalue weighted by Crippen LogP contribution is 2.30. The van der Waals surface area contributed by atoms with Crippen LogP contribution in [0, 0.1) is 0 Å². The summed E-state index contributed by atoms with van der Waals surface area (Å²) in [7, 11) is 0. The second-order valence-electron chi connectivity index (χ2n) is 8.23. The van der Waals surface area contributed by atoms with Gasteiger partial charge >= 0.3 is 0 Å². The zero-order chi connectivity index (χ0) is 27.8. The minimum atomic E-state index is -0.450. The normalized spacial score (nSPS) is 15.0. The van der Waals surface area contributed by atoms with E-state index in [4.69, 9.17) is 46.9 Å². The summed E-state index contributed by atoms with van der Waals surface area (Å²) in [6.07, 6.45) is 0. The quantitative estimate of drug-likeness (QED) is 0.307. The Kier molecular flexibility index (Phi) is 10.0. The Balaban J connectivity index is 1.04. The molecule has 2 aromatic carbocycles. The fourth-order valence-electron chi connectivity index (χ4n) is 3.85. The molecule has 39 heavy (non-hydrogen) atoms. The van der Waals surface area contributed by atoms with E-state index in [1.54, 1.807) is 48.5 Å². The molecule has 2 aliphatic carbocycles. The molecule has 11 heteroatoms. The van der Waals surface area contributed by atoms with Crippen LogP contribution >= 0.6 is 23.2 Å². The molecule has 2 aromatic rings. The first kappa shape index (κ1) is 28.7. The molecule has 204 valence electrons. The molecule has 2 aliphatic rings. The molecular weight excluding hydrogens is 551 g/mol. The lowest BCUT2D eigenvalue weighted by Gasteiger charge is -2.18. The molecule has 0 fully saturated rings. The maximum Gasteiger partial charge on any atom is 0.230 e. The second kappa shape index (κ2) is 13.6. The lowest BCUT2D eigenvalue weighted by atomic mass is 9.93. The third-order valence-corrected chi connectivity index (χ3v) is 6.42. The molecule has 0 unspecified atom stereocenters. The third kappa shape index (κ3) is 6.63. The lowest BCUT2D eigenvalue weighted by Crippen LogP contribution is -2.23. The molecule has 0 heterocycles. The van der Waals surface area contributed by atoms with Gasteiger partial charge in [0.05, 0.1) is 39.6 Å². The van der Waals surface area contributed by atoms with Crippen molar-refractivity contribution < 1.29 is 42.9 Å². The molecule has 0 N–H and O–H groups in total. The number of halogens is 2. The van der Waals surface area contributed by atoms with Crippen LogP contribution in [0.1, 0.15) is 41.4 Å². The highest BCUT2D eigenvalue weighted by atomic mass is 35.5. The number of rotatable bonds is 14. The SMILES string of the molecule is O=C1C(Cl)=C(OCCOCCOCCOCCOC2=C(Cl)C(=O)c3ccccc3C2=O)C(=O)c2ccccc21. The Bertz CT molecular complexity index is 1240. The van der Waals surface area contributed by atoms with Crippen molar-refractivity contribution in [3.05, 3.63) is 92.4 Å². The van der Waals surface area contributed by atoms with Gasteiger partial charge in [-0.15, -0.1) is 0 Å². The van der Waals surface area contributed by atoms with Gasteiger partial charge in [0.15, 0.2) is 11.5 Å². The number of carbonyl (C=O) groups excluding carboxylic acids is 4. The van der Waals surface area contributed by atoms with Crippen LogP contribution in [-0.2, 0) is 23.7 Å². The number of hydrogen-bond acceptors (Lipinski definition) is 9. The van der Waals surface area contributed by atoms with Gasteiger partial charge in [-0.05, 0) is 0 Å². The minimum Gasteiger partial charge on any atom is -0.485 e. The average molecular weight is 575 g/mol. The van der Waals surface area contributed by atoms with Crippen LogP contribution in [0.25, 0.3) is 0 Å². The van der Waals surface area contributed by atoms with Crippen LogP contribution in [0.3, 0.4) is 0 Å². The zero-order valence-electron chi connectivity index (χ0n) is 20.7.